The van der Waals surface area contributed by atoms with Gasteiger partial charge in [-0.2, -0.15) is 0 Å². The van der Waals surface area contributed by atoms with Crippen LogP contribution in [0.4, 0.5) is 4.39 Å². The first-order valence-electron chi connectivity index (χ1n) is 4.99. The van der Waals surface area contributed by atoms with E-state index in [0.29, 0.717) is 6.42 Å². The molecule has 1 heterocycles. The first-order valence-corrected chi connectivity index (χ1v) is 7.05. The first-order chi connectivity index (χ1) is 8.06. The van der Waals surface area contributed by atoms with Gasteiger partial charge in [0, 0.05) is 6.04 Å². The minimum Gasteiger partial charge on any atom is -0.324 e. The Morgan fingerprint density at radius 1 is 1.41 bits per heavy atom. The smallest absolute Gasteiger partial charge is 0.142 e. The van der Waals surface area contributed by atoms with Gasteiger partial charge in [0.05, 0.1) is 8.81 Å². The van der Waals surface area contributed by atoms with Crippen molar-refractivity contribution in [3.8, 4) is 0 Å². The van der Waals surface area contributed by atoms with Gasteiger partial charge in [0.15, 0.2) is 0 Å². The van der Waals surface area contributed by atoms with Crippen molar-refractivity contribution in [1.82, 2.24) is 0 Å². The second-order valence-corrected chi connectivity index (χ2v) is 6.44. The van der Waals surface area contributed by atoms with Crippen molar-refractivity contribution in [2.75, 3.05) is 0 Å². The third kappa shape index (κ3) is 3.28. The van der Waals surface area contributed by atoms with Crippen LogP contribution in [0.5, 0.6) is 0 Å². The molecule has 0 fully saturated rings. The summed E-state index contributed by atoms with van der Waals surface area (Å²) in [5.74, 6) is -0.400. The maximum atomic E-state index is 13.3. The Hall–Kier alpha value is -0.420. The standard InChI is InChI=1S/C12H10BrClFNS/c13-12-5-8(6-17-12)11(16)4-7-1-2-9(14)10(15)3-7/h1-3,5-6,11H,4,16H2. The average Bonchev–Trinajstić information content (AvgIpc) is 2.70. The predicted octanol–water partition coefficient (Wildman–Crippen LogP) is 4.55. The SMILES string of the molecule is NC(Cc1ccc(Cl)c(F)c1)c1csc(Br)c1. The fourth-order valence-electron chi connectivity index (χ4n) is 1.56. The summed E-state index contributed by atoms with van der Waals surface area (Å²) >= 11 is 10.6. The van der Waals surface area contributed by atoms with Crippen LogP contribution < -0.4 is 5.73 Å². The zero-order valence-electron chi connectivity index (χ0n) is 8.79. The molecule has 0 radical (unpaired) electrons. The molecule has 0 aliphatic rings. The highest BCUT2D eigenvalue weighted by Gasteiger charge is 2.10. The molecule has 0 amide bonds. The highest BCUT2D eigenvalue weighted by Crippen LogP contribution is 2.26. The number of hydrogen-bond donors (Lipinski definition) is 1. The summed E-state index contributed by atoms with van der Waals surface area (Å²) < 4.78 is 14.3. The molecule has 1 nitrogen and oxygen atoms in total. The Kier molecular flexibility index (Phi) is 4.20. The van der Waals surface area contributed by atoms with Gasteiger partial charge in [0.1, 0.15) is 5.82 Å². The van der Waals surface area contributed by atoms with E-state index in [2.05, 4.69) is 15.9 Å². The van der Waals surface area contributed by atoms with E-state index in [1.54, 1.807) is 23.5 Å². The molecule has 0 aliphatic carbocycles. The fraction of sp³-hybridized carbons (Fsp3) is 0.167. The quantitative estimate of drug-likeness (QED) is 0.876. The Labute approximate surface area is 117 Å². The van der Waals surface area contributed by atoms with Crippen LogP contribution in [0.1, 0.15) is 17.2 Å². The maximum absolute atomic E-state index is 13.3. The zero-order chi connectivity index (χ0) is 12.4. The monoisotopic (exact) mass is 333 g/mol. The van der Waals surface area contributed by atoms with E-state index in [-0.39, 0.29) is 11.1 Å². The van der Waals surface area contributed by atoms with Crippen LogP contribution >= 0.6 is 38.9 Å². The third-order valence-electron chi connectivity index (χ3n) is 2.46. The molecule has 0 spiro atoms. The summed E-state index contributed by atoms with van der Waals surface area (Å²) in [6.07, 6.45) is 0.595. The Morgan fingerprint density at radius 2 is 2.18 bits per heavy atom. The van der Waals surface area contributed by atoms with E-state index in [1.807, 2.05) is 11.4 Å². The van der Waals surface area contributed by atoms with Gasteiger partial charge in [0.2, 0.25) is 0 Å². The van der Waals surface area contributed by atoms with E-state index >= 15 is 0 Å². The second kappa shape index (κ2) is 5.48. The maximum Gasteiger partial charge on any atom is 0.142 e. The Bertz CT molecular complexity index is 529. The molecule has 1 atom stereocenters. The molecule has 2 rings (SSSR count). The van der Waals surface area contributed by atoms with Crippen molar-refractivity contribution in [3.05, 3.63) is 55.4 Å². The topological polar surface area (TPSA) is 26.0 Å². The molecule has 2 aromatic rings. The molecule has 17 heavy (non-hydrogen) atoms. The van der Waals surface area contributed by atoms with Crippen molar-refractivity contribution in [2.24, 2.45) is 5.73 Å². The summed E-state index contributed by atoms with van der Waals surface area (Å²) in [4.78, 5) is 0. The minimum atomic E-state index is -0.400. The van der Waals surface area contributed by atoms with Gasteiger partial charge in [0.25, 0.3) is 0 Å². The lowest BCUT2D eigenvalue weighted by molar-refractivity contribution is 0.622. The Morgan fingerprint density at radius 3 is 2.76 bits per heavy atom. The van der Waals surface area contributed by atoms with Gasteiger partial charge in [-0.25, -0.2) is 4.39 Å². The van der Waals surface area contributed by atoms with E-state index in [0.717, 1.165) is 14.9 Å². The highest BCUT2D eigenvalue weighted by atomic mass is 79.9. The van der Waals surface area contributed by atoms with Crippen molar-refractivity contribution in [1.29, 1.82) is 0 Å². The van der Waals surface area contributed by atoms with Crippen LogP contribution in [0.2, 0.25) is 5.02 Å². The summed E-state index contributed by atoms with van der Waals surface area (Å²) in [5.41, 5.74) is 7.96. The van der Waals surface area contributed by atoms with Crippen LogP contribution in [0, 0.1) is 5.82 Å². The van der Waals surface area contributed by atoms with Crippen LogP contribution in [0.3, 0.4) is 0 Å². The second-order valence-electron chi connectivity index (χ2n) is 3.74. The van der Waals surface area contributed by atoms with E-state index < -0.39 is 5.82 Å². The molecule has 0 bridgehead atoms. The number of nitrogens with two attached hydrogens (primary N) is 1. The lowest BCUT2D eigenvalue weighted by Crippen LogP contribution is -2.12. The summed E-state index contributed by atoms with van der Waals surface area (Å²) in [7, 11) is 0. The molecule has 0 aliphatic heterocycles. The molecule has 5 heteroatoms. The van der Waals surface area contributed by atoms with Crippen LogP contribution in [-0.2, 0) is 6.42 Å². The molecule has 1 unspecified atom stereocenters. The van der Waals surface area contributed by atoms with Gasteiger partial charge in [-0.3, -0.25) is 0 Å². The van der Waals surface area contributed by atoms with E-state index in [9.17, 15) is 4.39 Å². The van der Waals surface area contributed by atoms with Gasteiger partial charge in [-0.15, -0.1) is 11.3 Å². The number of hydrogen-bond acceptors (Lipinski definition) is 2. The Balaban J connectivity index is 2.12. The number of thiophene rings is 1. The molecule has 1 aromatic carbocycles. The van der Waals surface area contributed by atoms with Crippen LogP contribution in [0.25, 0.3) is 0 Å². The fourth-order valence-corrected chi connectivity index (χ4v) is 2.91. The average molecular weight is 335 g/mol. The lowest BCUT2D eigenvalue weighted by atomic mass is 10.0. The zero-order valence-corrected chi connectivity index (χ0v) is 11.9. The van der Waals surface area contributed by atoms with Crippen molar-refractivity contribution in [3.63, 3.8) is 0 Å². The normalized spacial score (nSPS) is 12.7. The molecular weight excluding hydrogens is 325 g/mol. The van der Waals surface area contributed by atoms with Gasteiger partial charge in [-0.05, 0) is 57.1 Å². The number of benzene rings is 1. The van der Waals surface area contributed by atoms with Crippen molar-refractivity contribution < 1.29 is 4.39 Å². The highest BCUT2D eigenvalue weighted by molar-refractivity contribution is 9.11. The third-order valence-corrected chi connectivity index (χ3v) is 4.28. The summed E-state index contributed by atoms with van der Waals surface area (Å²) in [6, 6.07) is 6.65. The number of rotatable bonds is 3. The molecular formula is C12H10BrClFNS. The van der Waals surface area contributed by atoms with Crippen LogP contribution in [-0.4, -0.2) is 0 Å². The van der Waals surface area contributed by atoms with Crippen molar-refractivity contribution in [2.45, 2.75) is 12.5 Å². The molecule has 2 N–H and O–H groups in total. The predicted molar refractivity (Wildman–Crippen MR) is 74.1 cm³/mol. The van der Waals surface area contributed by atoms with Gasteiger partial charge >= 0.3 is 0 Å². The molecule has 0 saturated heterocycles. The van der Waals surface area contributed by atoms with Crippen molar-refractivity contribution >= 4 is 38.9 Å². The lowest BCUT2D eigenvalue weighted by Gasteiger charge is -2.10. The summed E-state index contributed by atoms with van der Waals surface area (Å²) in [5, 5.41) is 2.14. The van der Waals surface area contributed by atoms with E-state index in [4.69, 9.17) is 17.3 Å². The molecule has 90 valence electrons. The molecule has 0 saturated carbocycles. The van der Waals surface area contributed by atoms with Gasteiger partial charge < -0.3 is 5.73 Å². The van der Waals surface area contributed by atoms with E-state index in [1.165, 1.54) is 6.07 Å². The van der Waals surface area contributed by atoms with Crippen LogP contribution in [0.15, 0.2) is 33.4 Å². The first kappa shape index (κ1) is 13.0. The van der Waals surface area contributed by atoms with Gasteiger partial charge in [-0.1, -0.05) is 17.7 Å². The minimum absolute atomic E-state index is 0.127. The number of halogens is 3. The largest absolute Gasteiger partial charge is 0.324 e. The summed E-state index contributed by atoms with van der Waals surface area (Å²) in [6.45, 7) is 0. The molecule has 1 aromatic heterocycles.